The molecule has 0 radical (unpaired) electrons. The van der Waals surface area contributed by atoms with Gasteiger partial charge in [0.05, 0.1) is 12.1 Å². The molecule has 2 N–H and O–H groups in total. The molecule has 2 rings (SSSR count). The highest BCUT2D eigenvalue weighted by Gasteiger charge is 2.32. The van der Waals surface area contributed by atoms with Crippen LogP contribution in [0.1, 0.15) is 40.0 Å². The molecule has 2 heterocycles. The molecule has 132 valence electrons. The van der Waals surface area contributed by atoms with Crippen LogP contribution in [0.15, 0.2) is 0 Å². The lowest BCUT2D eigenvalue weighted by atomic mass is 9.98. The number of piperazine rings is 1. The highest BCUT2D eigenvalue weighted by atomic mass is 16.2. The molecule has 2 saturated heterocycles. The maximum Gasteiger partial charge on any atom is 0.239 e. The lowest BCUT2D eigenvalue weighted by Crippen LogP contribution is -2.58. The Balaban J connectivity index is 1.83. The van der Waals surface area contributed by atoms with E-state index >= 15 is 0 Å². The molecule has 0 bridgehead atoms. The van der Waals surface area contributed by atoms with Crippen LogP contribution in [0.2, 0.25) is 0 Å². The molecule has 0 spiro atoms. The van der Waals surface area contributed by atoms with Crippen molar-refractivity contribution in [3.63, 3.8) is 0 Å². The van der Waals surface area contributed by atoms with Gasteiger partial charge in [0.2, 0.25) is 11.8 Å². The number of likely N-dealkylation sites (tertiary alicyclic amines) is 1. The average Bonchev–Trinajstić information content (AvgIpc) is 3.13. The van der Waals surface area contributed by atoms with Gasteiger partial charge in [-0.3, -0.25) is 14.5 Å². The van der Waals surface area contributed by atoms with Crippen LogP contribution in [0.5, 0.6) is 0 Å². The molecule has 0 saturated carbocycles. The van der Waals surface area contributed by atoms with E-state index in [0.717, 1.165) is 45.4 Å². The predicted octanol–water partition coefficient (Wildman–Crippen LogP) is 0.515. The minimum atomic E-state index is -0.407. The molecule has 23 heavy (non-hydrogen) atoms. The van der Waals surface area contributed by atoms with E-state index in [1.807, 2.05) is 23.6 Å². The summed E-state index contributed by atoms with van der Waals surface area (Å²) >= 11 is 0. The molecule has 2 aliphatic heterocycles. The minimum absolute atomic E-state index is 0.0533. The van der Waals surface area contributed by atoms with Gasteiger partial charge >= 0.3 is 0 Å². The molecule has 0 aliphatic carbocycles. The van der Waals surface area contributed by atoms with Crippen molar-refractivity contribution in [1.82, 2.24) is 14.7 Å². The lowest BCUT2D eigenvalue weighted by Gasteiger charge is -2.39. The second-order valence-electron chi connectivity index (χ2n) is 6.98. The summed E-state index contributed by atoms with van der Waals surface area (Å²) in [5.41, 5.74) is 6.06. The molecule has 6 nitrogen and oxygen atoms in total. The van der Waals surface area contributed by atoms with E-state index in [1.165, 1.54) is 0 Å². The smallest absolute Gasteiger partial charge is 0.239 e. The second kappa shape index (κ2) is 8.11. The molecule has 2 fully saturated rings. The number of nitrogens with two attached hydrogens (primary N) is 1. The molecule has 2 amide bonds. The first-order valence-electron chi connectivity index (χ1n) is 9.03. The molecule has 0 aromatic carbocycles. The summed E-state index contributed by atoms with van der Waals surface area (Å²) in [6.45, 7) is 10.7. The van der Waals surface area contributed by atoms with Gasteiger partial charge in [-0.05, 0) is 25.7 Å². The number of rotatable bonds is 5. The Morgan fingerprint density at radius 1 is 0.913 bits per heavy atom. The van der Waals surface area contributed by atoms with Gasteiger partial charge in [-0.25, -0.2) is 0 Å². The Labute approximate surface area is 140 Å². The summed E-state index contributed by atoms with van der Waals surface area (Å²) in [5, 5.41) is 0. The Kier molecular flexibility index (Phi) is 6.41. The monoisotopic (exact) mass is 324 g/mol. The minimum Gasteiger partial charge on any atom is -0.341 e. The SMILES string of the molecule is CCC(C)C(N)C(=O)N1CCN(C(C)C(=O)N2CCCC2)CC1. The van der Waals surface area contributed by atoms with Gasteiger partial charge in [-0.1, -0.05) is 20.3 Å². The van der Waals surface area contributed by atoms with Gasteiger partial charge in [-0.15, -0.1) is 0 Å². The molecule has 3 unspecified atom stereocenters. The van der Waals surface area contributed by atoms with E-state index in [0.29, 0.717) is 13.1 Å². The third-order valence-electron chi connectivity index (χ3n) is 5.49. The fourth-order valence-corrected chi connectivity index (χ4v) is 3.40. The quantitative estimate of drug-likeness (QED) is 0.800. The van der Waals surface area contributed by atoms with Crippen molar-refractivity contribution in [2.24, 2.45) is 11.7 Å². The van der Waals surface area contributed by atoms with E-state index in [4.69, 9.17) is 5.73 Å². The van der Waals surface area contributed by atoms with Crippen LogP contribution >= 0.6 is 0 Å². The summed E-state index contributed by atoms with van der Waals surface area (Å²) in [5.74, 6) is 0.493. The zero-order chi connectivity index (χ0) is 17.0. The molecule has 6 heteroatoms. The van der Waals surface area contributed by atoms with Crippen molar-refractivity contribution in [3.8, 4) is 0 Å². The average molecular weight is 324 g/mol. The van der Waals surface area contributed by atoms with Gasteiger partial charge in [0.15, 0.2) is 0 Å². The second-order valence-corrected chi connectivity index (χ2v) is 6.98. The number of hydrogen-bond donors (Lipinski definition) is 1. The van der Waals surface area contributed by atoms with Gasteiger partial charge in [-0.2, -0.15) is 0 Å². The van der Waals surface area contributed by atoms with Gasteiger partial charge in [0.1, 0.15) is 0 Å². The van der Waals surface area contributed by atoms with Gasteiger partial charge in [0, 0.05) is 39.3 Å². The van der Waals surface area contributed by atoms with Crippen molar-refractivity contribution in [1.29, 1.82) is 0 Å². The van der Waals surface area contributed by atoms with Crippen molar-refractivity contribution in [2.45, 2.75) is 52.1 Å². The van der Waals surface area contributed by atoms with E-state index in [1.54, 1.807) is 0 Å². The van der Waals surface area contributed by atoms with Crippen molar-refractivity contribution in [2.75, 3.05) is 39.3 Å². The number of carbonyl (C=O) groups is 2. The summed E-state index contributed by atoms with van der Waals surface area (Å²) in [6, 6.07) is -0.496. The van der Waals surface area contributed by atoms with Gasteiger partial charge < -0.3 is 15.5 Å². The first-order valence-corrected chi connectivity index (χ1v) is 9.03. The number of hydrogen-bond acceptors (Lipinski definition) is 4. The van der Waals surface area contributed by atoms with Crippen LogP contribution in [0.4, 0.5) is 0 Å². The molecule has 3 atom stereocenters. The van der Waals surface area contributed by atoms with E-state index in [-0.39, 0.29) is 23.8 Å². The predicted molar refractivity (Wildman–Crippen MR) is 90.9 cm³/mol. The summed E-state index contributed by atoms with van der Waals surface area (Å²) < 4.78 is 0. The molecular formula is C17H32N4O2. The number of carbonyl (C=O) groups excluding carboxylic acids is 2. The van der Waals surface area contributed by atoms with Crippen LogP contribution in [0.25, 0.3) is 0 Å². The fourth-order valence-electron chi connectivity index (χ4n) is 3.40. The first-order chi connectivity index (χ1) is 11.0. The van der Waals surface area contributed by atoms with Gasteiger partial charge in [0.25, 0.3) is 0 Å². The topological polar surface area (TPSA) is 69.9 Å². The lowest BCUT2D eigenvalue weighted by molar-refractivity contribution is -0.139. The Morgan fingerprint density at radius 3 is 1.96 bits per heavy atom. The van der Waals surface area contributed by atoms with Crippen molar-refractivity contribution >= 4 is 11.8 Å². The Hall–Kier alpha value is -1.14. The summed E-state index contributed by atoms with van der Waals surface area (Å²) in [6.07, 6.45) is 3.15. The van der Waals surface area contributed by atoms with E-state index in [2.05, 4.69) is 11.8 Å². The zero-order valence-corrected chi connectivity index (χ0v) is 14.8. The maximum absolute atomic E-state index is 12.5. The molecule has 2 aliphatic rings. The maximum atomic E-state index is 12.5. The zero-order valence-electron chi connectivity index (χ0n) is 14.8. The van der Waals surface area contributed by atoms with Crippen LogP contribution in [0, 0.1) is 5.92 Å². The third kappa shape index (κ3) is 4.23. The van der Waals surface area contributed by atoms with Crippen molar-refractivity contribution < 1.29 is 9.59 Å². The van der Waals surface area contributed by atoms with E-state index < -0.39 is 6.04 Å². The largest absolute Gasteiger partial charge is 0.341 e. The third-order valence-corrected chi connectivity index (χ3v) is 5.49. The Bertz CT molecular complexity index is 415. The van der Waals surface area contributed by atoms with Crippen molar-refractivity contribution in [3.05, 3.63) is 0 Å². The van der Waals surface area contributed by atoms with E-state index in [9.17, 15) is 9.59 Å². The summed E-state index contributed by atoms with van der Waals surface area (Å²) in [7, 11) is 0. The van der Waals surface area contributed by atoms with Crippen LogP contribution in [-0.2, 0) is 9.59 Å². The summed E-state index contributed by atoms with van der Waals surface area (Å²) in [4.78, 5) is 30.9. The van der Waals surface area contributed by atoms with Crippen LogP contribution < -0.4 is 5.73 Å². The standard InChI is InChI=1S/C17H32N4O2/c1-4-13(2)15(18)17(23)21-11-9-19(10-12-21)14(3)16(22)20-7-5-6-8-20/h13-15H,4-12,18H2,1-3H3. The normalized spacial score (nSPS) is 23.7. The first kappa shape index (κ1) is 18.2. The Morgan fingerprint density at radius 2 is 1.43 bits per heavy atom. The highest BCUT2D eigenvalue weighted by molar-refractivity contribution is 5.83. The van der Waals surface area contributed by atoms with Crippen LogP contribution in [-0.4, -0.2) is 77.9 Å². The van der Waals surface area contributed by atoms with Crippen LogP contribution in [0.3, 0.4) is 0 Å². The fraction of sp³-hybridized carbons (Fsp3) is 0.882. The highest BCUT2D eigenvalue weighted by Crippen LogP contribution is 2.15. The number of amides is 2. The molecular weight excluding hydrogens is 292 g/mol. The molecule has 0 aromatic heterocycles. The number of nitrogens with zero attached hydrogens (tertiary/aromatic N) is 3. The molecule has 0 aromatic rings.